The molecule has 0 N–H and O–H groups in total. The van der Waals surface area contributed by atoms with E-state index in [4.69, 9.17) is 4.74 Å². The summed E-state index contributed by atoms with van der Waals surface area (Å²) in [6.45, 7) is 4.05. The average Bonchev–Trinajstić information content (AvgIpc) is 2.20. The van der Waals surface area contributed by atoms with Gasteiger partial charge in [-0.1, -0.05) is 12.8 Å². The first kappa shape index (κ1) is 9.81. The molecular formula is C10H19NOS. The molecule has 0 aromatic carbocycles. The van der Waals surface area contributed by atoms with Crippen molar-refractivity contribution >= 4 is 12.6 Å². The standard InChI is InChI=1S/C10H19NOS/c13-10-4-2-1-3-9(10)11-5-7-12-8-6-11/h9-10,13H,1-8H2. The molecule has 0 amide bonds. The van der Waals surface area contributed by atoms with E-state index in [1.54, 1.807) is 0 Å². The van der Waals surface area contributed by atoms with Crippen LogP contribution in [0.2, 0.25) is 0 Å². The van der Waals surface area contributed by atoms with Crippen molar-refractivity contribution < 1.29 is 4.74 Å². The highest BCUT2D eigenvalue weighted by molar-refractivity contribution is 7.81. The van der Waals surface area contributed by atoms with Crippen LogP contribution in [-0.2, 0) is 4.74 Å². The van der Waals surface area contributed by atoms with Crippen LogP contribution in [0.25, 0.3) is 0 Å². The summed E-state index contributed by atoms with van der Waals surface area (Å²) < 4.78 is 5.36. The van der Waals surface area contributed by atoms with E-state index in [-0.39, 0.29) is 0 Å². The minimum absolute atomic E-state index is 0.604. The summed E-state index contributed by atoms with van der Waals surface area (Å²) in [5, 5.41) is 0.604. The smallest absolute Gasteiger partial charge is 0.0594 e. The Morgan fingerprint density at radius 1 is 1.08 bits per heavy atom. The SMILES string of the molecule is SC1CCCCC1N1CCOCC1. The van der Waals surface area contributed by atoms with Crippen molar-refractivity contribution in [2.75, 3.05) is 26.3 Å². The molecule has 1 aliphatic heterocycles. The van der Waals surface area contributed by atoms with E-state index in [0.29, 0.717) is 5.25 Å². The lowest BCUT2D eigenvalue weighted by molar-refractivity contribution is 0.0103. The Labute approximate surface area is 86.0 Å². The van der Waals surface area contributed by atoms with Crippen LogP contribution in [0.1, 0.15) is 25.7 Å². The fourth-order valence-corrected chi connectivity index (χ4v) is 2.95. The van der Waals surface area contributed by atoms with Crippen molar-refractivity contribution in [3.63, 3.8) is 0 Å². The maximum absolute atomic E-state index is 5.36. The number of nitrogens with zero attached hydrogens (tertiary/aromatic N) is 1. The van der Waals surface area contributed by atoms with Gasteiger partial charge in [0.25, 0.3) is 0 Å². The predicted octanol–water partition coefficient (Wildman–Crippen LogP) is 1.56. The van der Waals surface area contributed by atoms with E-state index in [2.05, 4.69) is 17.5 Å². The fraction of sp³-hybridized carbons (Fsp3) is 1.00. The van der Waals surface area contributed by atoms with Gasteiger partial charge in [-0.25, -0.2) is 0 Å². The summed E-state index contributed by atoms with van der Waals surface area (Å²) in [6.07, 6.45) is 5.40. The molecule has 0 aromatic rings. The first-order chi connectivity index (χ1) is 6.38. The summed E-state index contributed by atoms with van der Waals surface area (Å²) in [7, 11) is 0. The predicted molar refractivity (Wildman–Crippen MR) is 57.4 cm³/mol. The molecule has 0 radical (unpaired) electrons. The molecule has 0 spiro atoms. The van der Waals surface area contributed by atoms with Crippen molar-refractivity contribution in [2.24, 2.45) is 0 Å². The van der Waals surface area contributed by atoms with Crippen LogP contribution in [0.3, 0.4) is 0 Å². The van der Waals surface area contributed by atoms with Gasteiger partial charge in [0.2, 0.25) is 0 Å². The molecule has 1 aliphatic carbocycles. The van der Waals surface area contributed by atoms with Crippen molar-refractivity contribution in [3.8, 4) is 0 Å². The van der Waals surface area contributed by atoms with Crippen LogP contribution >= 0.6 is 12.6 Å². The fourth-order valence-electron chi connectivity index (χ4n) is 2.43. The maximum atomic E-state index is 5.36. The summed E-state index contributed by atoms with van der Waals surface area (Å²) in [6, 6.07) is 0.723. The number of rotatable bonds is 1. The van der Waals surface area contributed by atoms with Gasteiger partial charge in [-0.3, -0.25) is 4.90 Å². The van der Waals surface area contributed by atoms with Crippen molar-refractivity contribution in [2.45, 2.75) is 37.0 Å². The Morgan fingerprint density at radius 3 is 2.46 bits per heavy atom. The lowest BCUT2D eigenvalue weighted by atomic mass is 9.93. The quantitative estimate of drug-likeness (QED) is 0.646. The Kier molecular flexibility index (Phi) is 3.52. The number of morpholine rings is 1. The molecule has 0 bridgehead atoms. The summed E-state index contributed by atoms with van der Waals surface area (Å²) in [5.41, 5.74) is 0. The minimum atomic E-state index is 0.604. The molecular weight excluding hydrogens is 182 g/mol. The molecule has 3 heteroatoms. The molecule has 2 fully saturated rings. The zero-order valence-electron chi connectivity index (χ0n) is 8.11. The molecule has 13 heavy (non-hydrogen) atoms. The number of thiol groups is 1. The average molecular weight is 201 g/mol. The first-order valence-corrected chi connectivity index (χ1v) is 5.89. The van der Waals surface area contributed by atoms with Gasteiger partial charge < -0.3 is 4.74 Å². The van der Waals surface area contributed by atoms with Crippen molar-refractivity contribution in [3.05, 3.63) is 0 Å². The molecule has 2 atom stereocenters. The van der Waals surface area contributed by atoms with Crippen molar-refractivity contribution in [1.82, 2.24) is 4.90 Å². The zero-order valence-corrected chi connectivity index (χ0v) is 9.01. The lowest BCUT2D eigenvalue weighted by Gasteiger charge is -2.39. The van der Waals surface area contributed by atoms with E-state index in [1.807, 2.05) is 0 Å². The van der Waals surface area contributed by atoms with Gasteiger partial charge in [-0.05, 0) is 12.8 Å². The molecule has 1 heterocycles. The van der Waals surface area contributed by atoms with Crippen LogP contribution in [0.5, 0.6) is 0 Å². The monoisotopic (exact) mass is 201 g/mol. The molecule has 76 valence electrons. The van der Waals surface area contributed by atoms with E-state index in [1.165, 1.54) is 25.7 Å². The lowest BCUT2D eigenvalue weighted by Crippen LogP contribution is -2.48. The van der Waals surface area contributed by atoms with E-state index in [0.717, 1.165) is 32.3 Å². The Morgan fingerprint density at radius 2 is 1.77 bits per heavy atom. The number of ether oxygens (including phenoxy) is 1. The largest absolute Gasteiger partial charge is 0.379 e. The van der Waals surface area contributed by atoms with Crippen LogP contribution in [0.4, 0.5) is 0 Å². The third-order valence-electron chi connectivity index (χ3n) is 3.21. The second kappa shape index (κ2) is 4.67. The maximum Gasteiger partial charge on any atom is 0.0594 e. The van der Waals surface area contributed by atoms with Gasteiger partial charge in [0.05, 0.1) is 13.2 Å². The Bertz CT molecular complexity index is 159. The third-order valence-corrected chi connectivity index (χ3v) is 3.81. The molecule has 1 saturated heterocycles. The van der Waals surface area contributed by atoms with Crippen LogP contribution in [0.15, 0.2) is 0 Å². The molecule has 1 saturated carbocycles. The van der Waals surface area contributed by atoms with Gasteiger partial charge in [0.15, 0.2) is 0 Å². The second-order valence-corrected chi connectivity index (χ2v) is 4.73. The third kappa shape index (κ3) is 2.39. The van der Waals surface area contributed by atoms with Gasteiger partial charge in [0.1, 0.15) is 0 Å². The van der Waals surface area contributed by atoms with Crippen LogP contribution in [-0.4, -0.2) is 42.5 Å². The van der Waals surface area contributed by atoms with Gasteiger partial charge in [-0.2, -0.15) is 12.6 Å². The molecule has 0 aromatic heterocycles. The van der Waals surface area contributed by atoms with Gasteiger partial charge in [-0.15, -0.1) is 0 Å². The molecule has 2 nitrogen and oxygen atoms in total. The zero-order chi connectivity index (χ0) is 9.10. The normalized spacial score (nSPS) is 37.6. The molecule has 2 unspecified atom stereocenters. The van der Waals surface area contributed by atoms with E-state index >= 15 is 0 Å². The number of hydrogen-bond donors (Lipinski definition) is 1. The van der Waals surface area contributed by atoms with E-state index < -0.39 is 0 Å². The highest BCUT2D eigenvalue weighted by Crippen LogP contribution is 2.27. The minimum Gasteiger partial charge on any atom is -0.379 e. The second-order valence-electron chi connectivity index (χ2n) is 4.07. The number of hydrogen-bond acceptors (Lipinski definition) is 3. The molecule has 2 rings (SSSR count). The Balaban J connectivity index is 1.88. The highest BCUT2D eigenvalue weighted by Gasteiger charge is 2.28. The van der Waals surface area contributed by atoms with Gasteiger partial charge >= 0.3 is 0 Å². The highest BCUT2D eigenvalue weighted by atomic mass is 32.1. The van der Waals surface area contributed by atoms with Crippen molar-refractivity contribution in [1.29, 1.82) is 0 Å². The van der Waals surface area contributed by atoms with Crippen LogP contribution in [0, 0.1) is 0 Å². The van der Waals surface area contributed by atoms with E-state index in [9.17, 15) is 0 Å². The first-order valence-electron chi connectivity index (χ1n) is 5.38. The van der Waals surface area contributed by atoms with Gasteiger partial charge in [0, 0.05) is 24.4 Å². The molecule has 2 aliphatic rings. The van der Waals surface area contributed by atoms with Crippen LogP contribution < -0.4 is 0 Å². The topological polar surface area (TPSA) is 12.5 Å². The summed E-state index contributed by atoms with van der Waals surface area (Å²) in [4.78, 5) is 2.57. The summed E-state index contributed by atoms with van der Waals surface area (Å²) >= 11 is 4.68. The summed E-state index contributed by atoms with van der Waals surface area (Å²) in [5.74, 6) is 0. The Hall–Kier alpha value is 0.270.